The summed E-state index contributed by atoms with van der Waals surface area (Å²) in [6, 6.07) is -0.730. The van der Waals surface area contributed by atoms with Crippen LogP contribution in [-0.2, 0) is 28.6 Å². The van der Waals surface area contributed by atoms with Crippen molar-refractivity contribution >= 4 is 17.9 Å². The molecule has 0 spiro atoms. The zero-order valence-corrected chi connectivity index (χ0v) is 37.8. The van der Waals surface area contributed by atoms with Gasteiger partial charge in [-0.3, -0.25) is 9.59 Å². The molecule has 57 heavy (non-hydrogen) atoms. The third-order valence-electron chi connectivity index (χ3n) is 10.5. The summed E-state index contributed by atoms with van der Waals surface area (Å²) in [5.41, 5.74) is 0. The van der Waals surface area contributed by atoms with Gasteiger partial charge in [-0.15, -0.1) is 0 Å². The van der Waals surface area contributed by atoms with Gasteiger partial charge in [0.25, 0.3) is 0 Å². The van der Waals surface area contributed by atoms with Gasteiger partial charge in [0.05, 0.1) is 40.3 Å². The number of carbonyl (C=O) groups excluding carboxylic acids is 3. The molecule has 0 aromatic rings. The van der Waals surface area contributed by atoms with E-state index >= 15 is 0 Å². The second kappa shape index (κ2) is 40.3. The van der Waals surface area contributed by atoms with Crippen molar-refractivity contribution in [3.63, 3.8) is 0 Å². The maximum atomic E-state index is 12.7. The molecule has 0 saturated carbocycles. The van der Waals surface area contributed by atoms with Crippen LogP contribution in [0.25, 0.3) is 0 Å². The number of esters is 2. The van der Waals surface area contributed by atoms with E-state index in [0.717, 1.165) is 51.4 Å². The number of unbranched alkanes of at least 4 members (excludes halogenated alkanes) is 23. The zero-order chi connectivity index (χ0) is 42.1. The average Bonchev–Trinajstić information content (AvgIpc) is 3.17. The average molecular weight is 804 g/mol. The summed E-state index contributed by atoms with van der Waals surface area (Å²) in [5.74, 6) is -1.77. The SMILES string of the molecule is CCCCCCCC/C=C/CCCCCCCCCC(=O)OC(COCCC(C(=O)[O-])[N+](C)(C)C)COC(=O)CCCCC/C=C/C=C/CCCCCCCCC. The smallest absolute Gasteiger partial charge is 0.306 e. The first kappa shape index (κ1) is 54.6. The molecule has 0 saturated heterocycles. The van der Waals surface area contributed by atoms with Crippen LogP contribution in [0.5, 0.6) is 0 Å². The Balaban J connectivity index is 4.36. The van der Waals surface area contributed by atoms with E-state index in [4.69, 9.17) is 14.2 Å². The molecular weight excluding hydrogens is 715 g/mol. The molecule has 0 aromatic heterocycles. The maximum Gasteiger partial charge on any atom is 0.306 e. The predicted molar refractivity (Wildman–Crippen MR) is 236 cm³/mol. The Bertz CT molecular complexity index is 1030. The van der Waals surface area contributed by atoms with Crippen LogP contribution in [0.15, 0.2) is 36.5 Å². The molecule has 8 heteroatoms. The van der Waals surface area contributed by atoms with Crippen molar-refractivity contribution in [2.75, 3.05) is 41.0 Å². The fraction of sp³-hybridized carbons (Fsp3) is 0.816. The number of ether oxygens (including phenoxy) is 3. The number of carboxylic acid groups (broad SMARTS) is 1. The minimum absolute atomic E-state index is 0.0317. The highest BCUT2D eigenvalue weighted by molar-refractivity contribution is 5.70. The molecule has 2 atom stereocenters. The fourth-order valence-electron chi connectivity index (χ4n) is 6.82. The fourth-order valence-corrected chi connectivity index (χ4v) is 6.82. The Morgan fingerprint density at radius 2 is 0.930 bits per heavy atom. The highest BCUT2D eigenvalue weighted by Crippen LogP contribution is 2.14. The van der Waals surface area contributed by atoms with Gasteiger partial charge >= 0.3 is 11.9 Å². The van der Waals surface area contributed by atoms with E-state index in [1.165, 1.54) is 122 Å². The number of carboxylic acids is 1. The minimum atomic E-state index is -1.13. The Labute approximate surface area is 351 Å². The van der Waals surface area contributed by atoms with Crippen LogP contribution < -0.4 is 5.11 Å². The number of nitrogens with zero attached hydrogens (tertiary/aromatic N) is 1. The zero-order valence-electron chi connectivity index (χ0n) is 37.8. The van der Waals surface area contributed by atoms with Gasteiger partial charge in [-0.2, -0.15) is 0 Å². The molecule has 0 radical (unpaired) electrons. The van der Waals surface area contributed by atoms with Gasteiger partial charge < -0.3 is 28.6 Å². The number of likely N-dealkylation sites (N-methyl/N-ethyl adjacent to an activating group) is 1. The lowest BCUT2D eigenvalue weighted by Gasteiger charge is -2.34. The van der Waals surface area contributed by atoms with E-state index in [9.17, 15) is 19.5 Å². The van der Waals surface area contributed by atoms with Crippen molar-refractivity contribution in [3.05, 3.63) is 36.5 Å². The molecule has 0 rings (SSSR count). The Morgan fingerprint density at radius 3 is 1.39 bits per heavy atom. The molecule has 0 aliphatic heterocycles. The maximum absolute atomic E-state index is 12.7. The monoisotopic (exact) mass is 804 g/mol. The normalized spacial score (nSPS) is 13.2. The molecule has 2 unspecified atom stereocenters. The molecule has 0 bridgehead atoms. The highest BCUT2D eigenvalue weighted by Gasteiger charge is 2.25. The van der Waals surface area contributed by atoms with Crippen molar-refractivity contribution in [1.29, 1.82) is 0 Å². The molecule has 0 aliphatic carbocycles. The number of aliphatic carboxylic acids is 1. The Kier molecular flexibility index (Phi) is 38.6. The largest absolute Gasteiger partial charge is 0.544 e. The number of hydrogen-bond acceptors (Lipinski definition) is 7. The predicted octanol–water partition coefficient (Wildman–Crippen LogP) is 11.7. The Hall–Kier alpha value is -2.45. The van der Waals surface area contributed by atoms with E-state index in [1.54, 1.807) is 21.1 Å². The first-order valence-corrected chi connectivity index (χ1v) is 23.5. The quantitative estimate of drug-likeness (QED) is 0.0199. The lowest BCUT2D eigenvalue weighted by atomic mass is 10.1. The van der Waals surface area contributed by atoms with Crippen LogP contribution in [0.2, 0.25) is 0 Å². The summed E-state index contributed by atoms with van der Waals surface area (Å²) >= 11 is 0. The number of carbonyl (C=O) groups is 3. The van der Waals surface area contributed by atoms with E-state index in [2.05, 4.69) is 50.3 Å². The Morgan fingerprint density at radius 1 is 0.526 bits per heavy atom. The molecule has 0 fully saturated rings. The molecule has 0 N–H and O–H groups in total. The van der Waals surface area contributed by atoms with Crippen LogP contribution in [0.1, 0.15) is 206 Å². The van der Waals surface area contributed by atoms with Crippen LogP contribution in [0, 0.1) is 0 Å². The topological polar surface area (TPSA) is 102 Å². The van der Waals surface area contributed by atoms with Crippen LogP contribution in [-0.4, -0.2) is 75.5 Å². The number of allylic oxidation sites excluding steroid dienone is 6. The van der Waals surface area contributed by atoms with Crippen molar-refractivity contribution in [2.24, 2.45) is 0 Å². The van der Waals surface area contributed by atoms with Gasteiger partial charge in [0.2, 0.25) is 0 Å². The lowest BCUT2D eigenvalue weighted by molar-refractivity contribution is -0.889. The lowest BCUT2D eigenvalue weighted by Crippen LogP contribution is -2.55. The summed E-state index contributed by atoms with van der Waals surface area (Å²) in [6.45, 7) is 4.63. The third-order valence-corrected chi connectivity index (χ3v) is 10.5. The van der Waals surface area contributed by atoms with Gasteiger partial charge in [0, 0.05) is 19.3 Å². The summed E-state index contributed by atoms with van der Waals surface area (Å²) in [5, 5.41) is 11.6. The van der Waals surface area contributed by atoms with Crippen LogP contribution in [0.3, 0.4) is 0 Å². The van der Waals surface area contributed by atoms with Crippen molar-refractivity contribution in [2.45, 2.75) is 219 Å². The summed E-state index contributed by atoms with van der Waals surface area (Å²) in [7, 11) is 5.40. The van der Waals surface area contributed by atoms with E-state index in [-0.39, 0.29) is 42.7 Å². The van der Waals surface area contributed by atoms with Gasteiger partial charge in [0.1, 0.15) is 12.6 Å². The van der Waals surface area contributed by atoms with Gasteiger partial charge in [-0.25, -0.2) is 0 Å². The van der Waals surface area contributed by atoms with E-state index in [0.29, 0.717) is 12.8 Å². The van der Waals surface area contributed by atoms with E-state index < -0.39 is 18.1 Å². The molecule has 0 amide bonds. The van der Waals surface area contributed by atoms with Crippen LogP contribution >= 0.6 is 0 Å². The van der Waals surface area contributed by atoms with Crippen molar-refractivity contribution in [3.8, 4) is 0 Å². The molecular formula is C49H89NO7. The number of hydrogen-bond donors (Lipinski definition) is 0. The standard InChI is InChI=1S/C49H89NO7/c1-6-8-10-12-14-16-18-20-22-24-26-28-30-32-34-36-38-40-48(52)57-45(43-55-42-41-46(49(53)54)50(3,4)5)44-56-47(51)39-37-35-33-31-29-27-25-23-21-19-17-15-13-11-9-7-2/h20,22-23,25,27,29,45-46H,6-19,21,24,26,28,30-44H2,1-5H3/b22-20+,25-23+,29-27+. The first-order chi connectivity index (χ1) is 27.6. The van der Waals surface area contributed by atoms with E-state index in [1.807, 2.05) is 0 Å². The summed E-state index contributed by atoms with van der Waals surface area (Å²) in [6.07, 6.45) is 45.9. The molecule has 0 heterocycles. The van der Waals surface area contributed by atoms with Gasteiger partial charge in [-0.1, -0.05) is 159 Å². The second-order valence-corrected chi connectivity index (χ2v) is 17.0. The number of quaternary nitrogens is 1. The second-order valence-electron chi connectivity index (χ2n) is 17.0. The van der Waals surface area contributed by atoms with Gasteiger partial charge in [0.15, 0.2) is 6.10 Å². The molecule has 332 valence electrons. The third kappa shape index (κ3) is 38.8. The highest BCUT2D eigenvalue weighted by atomic mass is 16.6. The molecule has 0 aromatic carbocycles. The van der Waals surface area contributed by atoms with Gasteiger partial charge in [-0.05, 0) is 64.2 Å². The molecule has 0 aliphatic rings. The van der Waals surface area contributed by atoms with Crippen LogP contribution in [0.4, 0.5) is 0 Å². The summed E-state index contributed by atoms with van der Waals surface area (Å²) in [4.78, 5) is 36.9. The van der Waals surface area contributed by atoms with Crippen molar-refractivity contribution < 1.29 is 38.2 Å². The number of rotatable bonds is 42. The minimum Gasteiger partial charge on any atom is -0.544 e. The first-order valence-electron chi connectivity index (χ1n) is 23.5. The van der Waals surface area contributed by atoms with Crippen molar-refractivity contribution in [1.82, 2.24) is 0 Å². The summed E-state index contributed by atoms with van der Waals surface area (Å²) < 4.78 is 17.2. The molecule has 8 nitrogen and oxygen atoms in total.